The fourth-order valence-corrected chi connectivity index (χ4v) is 2.26. The molecule has 0 atom stereocenters. The van der Waals surface area contributed by atoms with Gasteiger partial charge in [-0.1, -0.05) is 32.0 Å². The van der Waals surface area contributed by atoms with E-state index < -0.39 is 0 Å². The van der Waals surface area contributed by atoms with Gasteiger partial charge in [-0.05, 0) is 11.6 Å². The first-order chi connectivity index (χ1) is 9.18. The Kier molecular flexibility index (Phi) is 4.80. The molecule has 1 amide bonds. The maximum atomic E-state index is 11.7. The van der Waals surface area contributed by atoms with Crippen molar-refractivity contribution in [1.29, 1.82) is 0 Å². The van der Waals surface area contributed by atoms with Crippen LogP contribution in [0.25, 0.3) is 0 Å². The van der Waals surface area contributed by atoms with Gasteiger partial charge in [0.2, 0.25) is 5.91 Å². The maximum absolute atomic E-state index is 11.7. The number of nitrogens with one attached hydrogen (secondary N) is 2. The SMILES string of the molecule is CC(C)C(=O)NCc1ccccc1N1CCNCC1. The molecule has 1 aliphatic rings. The number of hydrogen-bond donors (Lipinski definition) is 2. The Morgan fingerprint density at radius 1 is 1.32 bits per heavy atom. The van der Waals surface area contributed by atoms with Crippen LogP contribution < -0.4 is 15.5 Å². The first kappa shape index (κ1) is 13.9. The number of hydrogen-bond acceptors (Lipinski definition) is 3. The van der Waals surface area contributed by atoms with E-state index in [0.717, 1.165) is 26.2 Å². The van der Waals surface area contributed by atoms with Gasteiger partial charge in [-0.15, -0.1) is 0 Å². The number of para-hydroxylation sites is 1. The van der Waals surface area contributed by atoms with Gasteiger partial charge in [0.1, 0.15) is 0 Å². The lowest BCUT2D eigenvalue weighted by Crippen LogP contribution is -2.44. The predicted octanol–water partition coefficient (Wildman–Crippen LogP) is 1.37. The molecular formula is C15H23N3O. The van der Waals surface area contributed by atoms with E-state index in [1.807, 2.05) is 19.9 Å². The molecule has 2 N–H and O–H groups in total. The molecule has 0 aliphatic carbocycles. The Bertz CT molecular complexity index is 425. The highest BCUT2D eigenvalue weighted by molar-refractivity contribution is 5.78. The van der Waals surface area contributed by atoms with Crippen molar-refractivity contribution in [3.8, 4) is 0 Å². The molecule has 1 aromatic rings. The number of nitrogens with zero attached hydrogens (tertiary/aromatic N) is 1. The van der Waals surface area contributed by atoms with Crippen LogP contribution in [0, 0.1) is 5.92 Å². The summed E-state index contributed by atoms with van der Waals surface area (Å²) in [6.45, 7) is 8.52. The van der Waals surface area contributed by atoms with E-state index in [1.54, 1.807) is 0 Å². The third kappa shape index (κ3) is 3.70. The van der Waals surface area contributed by atoms with Crippen molar-refractivity contribution in [1.82, 2.24) is 10.6 Å². The van der Waals surface area contributed by atoms with E-state index in [9.17, 15) is 4.79 Å². The standard InChI is InChI=1S/C15H23N3O/c1-12(2)15(19)17-11-13-5-3-4-6-14(13)18-9-7-16-8-10-18/h3-6,12,16H,7-11H2,1-2H3,(H,17,19). The van der Waals surface area contributed by atoms with Crippen LogP contribution in [0.2, 0.25) is 0 Å². The van der Waals surface area contributed by atoms with E-state index in [0.29, 0.717) is 6.54 Å². The Hall–Kier alpha value is -1.55. The summed E-state index contributed by atoms with van der Waals surface area (Å²) >= 11 is 0. The molecule has 0 unspecified atom stereocenters. The van der Waals surface area contributed by atoms with Crippen molar-refractivity contribution in [3.63, 3.8) is 0 Å². The molecule has 1 fully saturated rings. The van der Waals surface area contributed by atoms with E-state index in [1.165, 1.54) is 11.3 Å². The summed E-state index contributed by atoms with van der Waals surface area (Å²) in [6.07, 6.45) is 0. The van der Waals surface area contributed by atoms with Crippen molar-refractivity contribution in [2.45, 2.75) is 20.4 Å². The number of anilines is 1. The molecule has 1 aromatic carbocycles. The second-order valence-corrected chi connectivity index (χ2v) is 5.24. The molecule has 0 radical (unpaired) electrons. The summed E-state index contributed by atoms with van der Waals surface area (Å²) in [4.78, 5) is 14.1. The van der Waals surface area contributed by atoms with Crippen LogP contribution in [0.1, 0.15) is 19.4 Å². The molecule has 0 spiro atoms. The molecule has 1 heterocycles. The zero-order chi connectivity index (χ0) is 13.7. The van der Waals surface area contributed by atoms with Crippen molar-refractivity contribution in [3.05, 3.63) is 29.8 Å². The van der Waals surface area contributed by atoms with Crippen molar-refractivity contribution in [2.24, 2.45) is 5.92 Å². The zero-order valence-corrected chi connectivity index (χ0v) is 11.8. The molecule has 1 aliphatic heterocycles. The van der Waals surface area contributed by atoms with Crippen LogP contribution >= 0.6 is 0 Å². The zero-order valence-electron chi connectivity index (χ0n) is 11.8. The van der Waals surface area contributed by atoms with Gasteiger partial charge in [0.15, 0.2) is 0 Å². The normalized spacial score (nSPS) is 15.6. The van der Waals surface area contributed by atoms with Crippen LogP contribution in [0.15, 0.2) is 24.3 Å². The highest BCUT2D eigenvalue weighted by Gasteiger charge is 2.14. The lowest BCUT2D eigenvalue weighted by molar-refractivity contribution is -0.124. The largest absolute Gasteiger partial charge is 0.369 e. The van der Waals surface area contributed by atoms with Gasteiger partial charge in [-0.3, -0.25) is 4.79 Å². The smallest absolute Gasteiger partial charge is 0.222 e. The van der Waals surface area contributed by atoms with Gasteiger partial charge >= 0.3 is 0 Å². The molecule has 104 valence electrons. The monoisotopic (exact) mass is 261 g/mol. The summed E-state index contributed by atoms with van der Waals surface area (Å²) in [5.74, 6) is 0.140. The van der Waals surface area contributed by atoms with Crippen LogP contribution in [0.4, 0.5) is 5.69 Å². The molecule has 4 nitrogen and oxygen atoms in total. The molecular weight excluding hydrogens is 238 g/mol. The second-order valence-electron chi connectivity index (χ2n) is 5.24. The third-order valence-corrected chi connectivity index (χ3v) is 3.43. The lowest BCUT2D eigenvalue weighted by atomic mass is 10.1. The van der Waals surface area contributed by atoms with Crippen LogP contribution in [-0.4, -0.2) is 32.1 Å². The van der Waals surface area contributed by atoms with Gasteiger partial charge in [-0.25, -0.2) is 0 Å². The third-order valence-electron chi connectivity index (χ3n) is 3.43. The van der Waals surface area contributed by atoms with Crippen molar-refractivity contribution >= 4 is 11.6 Å². The summed E-state index contributed by atoms with van der Waals surface area (Å²) < 4.78 is 0. The van der Waals surface area contributed by atoms with Crippen LogP contribution in [-0.2, 0) is 11.3 Å². The molecule has 4 heteroatoms. The van der Waals surface area contributed by atoms with Crippen LogP contribution in [0.3, 0.4) is 0 Å². The van der Waals surface area contributed by atoms with E-state index in [2.05, 4.69) is 33.7 Å². The Morgan fingerprint density at radius 3 is 2.68 bits per heavy atom. The minimum atomic E-state index is 0.0337. The molecule has 0 aromatic heterocycles. The lowest BCUT2D eigenvalue weighted by Gasteiger charge is -2.31. The van der Waals surface area contributed by atoms with E-state index in [-0.39, 0.29) is 11.8 Å². The average molecular weight is 261 g/mol. The second kappa shape index (κ2) is 6.57. The number of piperazine rings is 1. The highest BCUT2D eigenvalue weighted by atomic mass is 16.1. The van der Waals surface area contributed by atoms with Gasteiger partial charge in [0.25, 0.3) is 0 Å². The first-order valence-corrected chi connectivity index (χ1v) is 7.00. The highest BCUT2D eigenvalue weighted by Crippen LogP contribution is 2.20. The number of amides is 1. The van der Waals surface area contributed by atoms with E-state index in [4.69, 9.17) is 0 Å². The van der Waals surface area contributed by atoms with Crippen LogP contribution in [0.5, 0.6) is 0 Å². The molecule has 2 rings (SSSR count). The van der Waals surface area contributed by atoms with Crippen molar-refractivity contribution in [2.75, 3.05) is 31.1 Å². The molecule has 0 bridgehead atoms. The fraction of sp³-hybridized carbons (Fsp3) is 0.533. The number of carbonyl (C=O) groups excluding carboxylic acids is 1. The van der Waals surface area contributed by atoms with Gasteiger partial charge < -0.3 is 15.5 Å². The van der Waals surface area contributed by atoms with E-state index >= 15 is 0 Å². The summed E-state index contributed by atoms with van der Waals surface area (Å²) in [5, 5.41) is 6.35. The summed E-state index contributed by atoms with van der Waals surface area (Å²) in [5.41, 5.74) is 2.44. The Balaban J connectivity index is 2.05. The van der Waals surface area contributed by atoms with Crippen molar-refractivity contribution < 1.29 is 4.79 Å². The Morgan fingerprint density at radius 2 is 2.00 bits per heavy atom. The molecule has 0 saturated carbocycles. The maximum Gasteiger partial charge on any atom is 0.222 e. The van der Waals surface area contributed by atoms with Gasteiger partial charge in [-0.2, -0.15) is 0 Å². The first-order valence-electron chi connectivity index (χ1n) is 7.00. The number of rotatable bonds is 4. The minimum Gasteiger partial charge on any atom is -0.369 e. The molecule has 19 heavy (non-hydrogen) atoms. The Labute approximate surface area is 115 Å². The van der Waals surface area contributed by atoms with Gasteiger partial charge in [0, 0.05) is 44.3 Å². The topological polar surface area (TPSA) is 44.4 Å². The minimum absolute atomic E-state index is 0.0337. The number of benzene rings is 1. The number of carbonyl (C=O) groups is 1. The summed E-state index contributed by atoms with van der Waals surface area (Å²) in [7, 11) is 0. The van der Waals surface area contributed by atoms with Gasteiger partial charge in [0.05, 0.1) is 0 Å². The average Bonchev–Trinajstić information content (AvgIpc) is 2.46. The quantitative estimate of drug-likeness (QED) is 0.860. The predicted molar refractivity (Wildman–Crippen MR) is 78.2 cm³/mol. The summed E-state index contributed by atoms with van der Waals surface area (Å²) in [6, 6.07) is 8.33. The fourth-order valence-electron chi connectivity index (χ4n) is 2.26. The molecule has 1 saturated heterocycles.